The lowest BCUT2D eigenvalue weighted by Gasteiger charge is -1.99. The third-order valence-corrected chi connectivity index (χ3v) is 2.92. The molecule has 1 aromatic rings. The molecule has 0 spiro atoms. The van der Waals surface area contributed by atoms with Crippen molar-refractivity contribution < 1.29 is 0 Å². The molecule has 0 aromatic heterocycles. The first-order valence-electron chi connectivity index (χ1n) is 4.59. The summed E-state index contributed by atoms with van der Waals surface area (Å²) in [4.78, 5) is 0. The fraction of sp³-hybridized carbons (Fsp3) is 0.455. The van der Waals surface area contributed by atoms with Crippen LogP contribution in [0.15, 0.2) is 28.7 Å². The molecule has 0 amide bonds. The van der Waals surface area contributed by atoms with E-state index < -0.39 is 0 Å². The average molecular weight is 225 g/mol. The highest BCUT2D eigenvalue weighted by Crippen LogP contribution is 2.33. The van der Waals surface area contributed by atoms with Gasteiger partial charge in [-0.3, -0.25) is 0 Å². The Morgan fingerprint density at radius 3 is 2.83 bits per heavy atom. The summed E-state index contributed by atoms with van der Waals surface area (Å²) in [6.45, 7) is 0. The van der Waals surface area contributed by atoms with Gasteiger partial charge in [0.15, 0.2) is 0 Å². The molecule has 0 radical (unpaired) electrons. The van der Waals surface area contributed by atoms with E-state index in [1.807, 2.05) is 0 Å². The number of rotatable bonds is 3. The predicted molar refractivity (Wildman–Crippen MR) is 55.2 cm³/mol. The Hall–Kier alpha value is -0.300. The summed E-state index contributed by atoms with van der Waals surface area (Å²) in [5, 5.41) is 0. The van der Waals surface area contributed by atoms with Gasteiger partial charge in [0, 0.05) is 4.47 Å². The Bertz CT molecular complexity index is 263. The van der Waals surface area contributed by atoms with E-state index >= 15 is 0 Å². The molecule has 1 saturated carbocycles. The Labute approximate surface area is 82.1 Å². The van der Waals surface area contributed by atoms with Crippen LogP contribution in [-0.4, -0.2) is 0 Å². The Balaban J connectivity index is 1.92. The van der Waals surface area contributed by atoms with Crippen molar-refractivity contribution in [3.05, 3.63) is 34.3 Å². The van der Waals surface area contributed by atoms with Gasteiger partial charge in [-0.1, -0.05) is 40.9 Å². The molecule has 64 valence electrons. The second-order valence-corrected chi connectivity index (χ2v) is 4.53. The van der Waals surface area contributed by atoms with E-state index in [0.29, 0.717) is 0 Å². The monoisotopic (exact) mass is 224 g/mol. The molecule has 1 fully saturated rings. The van der Waals surface area contributed by atoms with Gasteiger partial charge in [0.25, 0.3) is 0 Å². The van der Waals surface area contributed by atoms with E-state index in [4.69, 9.17) is 0 Å². The molecule has 0 saturated heterocycles. The molecule has 0 aliphatic heterocycles. The van der Waals surface area contributed by atoms with E-state index in [9.17, 15) is 0 Å². The van der Waals surface area contributed by atoms with Crippen LogP contribution in [0.2, 0.25) is 0 Å². The van der Waals surface area contributed by atoms with E-state index in [1.54, 1.807) is 0 Å². The molecule has 0 unspecified atom stereocenters. The summed E-state index contributed by atoms with van der Waals surface area (Å²) in [5.41, 5.74) is 1.47. The Morgan fingerprint density at radius 1 is 1.33 bits per heavy atom. The highest BCUT2D eigenvalue weighted by atomic mass is 79.9. The fourth-order valence-electron chi connectivity index (χ4n) is 1.47. The van der Waals surface area contributed by atoms with Gasteiger partial charge in [-0.15, -0.1) is 0 Å². The minimum absolute atomic E-state index is 1.05. The maximum absolute atomic E-state index is 3.48. The van der Waals surface area contributed by atoms with Crippen LogP contribution in [0.25, 0.3) is 0 Å². The number of benzene rings is 1. The second kappa shape index (κ2) is 3.61. The van der Waals surface area contributed by atoms with E-state index in [0.717, 1.165) is 5.92 Å². The topological polar surface area (TPSA) is 0 Å². The van der Waals surface area contributed by atoms with Crippen molar-refractivity contribution in [1.82, 2.24) is 0 Å². The van der Waals surface area contributed by atoms with Crippen LogP contribution in [0.5, 0.6) is 0 Å². The van der Waals surface area contributed by atoms with Crippen molar-refractivity contribution in [2.24, 2.45) is 5.92 Å². The predicted octanol–water partition coefficient (Wildman–Crippen LogP) is 3.79. The van der Waals surface area contributed by atoms with Gasteiger partial charge in [0.1, 0.15) is 0 Å². The number of aryl methyl sites for hydroxylation is 1. The normalized spacial score (nSPS) is 16.4. The zero-order chi connectivity index (χ0) is 8.39. The second-order valence-electron chi connectivity index (χ2n) is 3.61. The molecule has 0 N–H and O–H groups in total. The molecule has 1 heteroatoms. The fourth-order valence-corrected chi connectivity index (χ4v) is 1.92. The highest BCUT2D eigenvalue weighted by molar-refractivity contribution is 9.10. The number of halogens is 1. The van der Waals surface area contributed by atoms with Gasteiger partial charge in [-0.2, -0.15) is 0 Å². The largest absolute Gasteiger partial charge is 0.0609 e. The minimum Gasteiger partial charge on any atom is -0.0609 e. The van der Waals surface area contributed by atoms with Gasteiger partial charge in [0.2, 0.25) is 0 Å². The minimum atomic E-state index is 1.05. The maximum Gasteiger partial charge on any atom is 0.0177 e. The summed E-state index contributed by atoms with van der Waals surface area (Å²) in [6.07, 6.45) is 5.57. The average Bonchev–Trinajstić information content (AvgIpc) is 2.84. The standard InChI is InChI=1S/C11H13Br/c12-11-3-1-2-10(8-11)7-6-9-4-5-9/h1-3,8-9H,4-7H2. The van der Waals surface area contributed by atoms with Gasteiger partial charge in [0.05, 0.1) is 0 Å². The molecular weight excluding hydrogens is 212 g/mol. The Kier molecular flexibility index (Phi) is 2.50. The van der Waals surface area contributed by atoms with Gasteiger partial charge in [-0.25, -0.2) is 0 Å². The molecule has 0 bridgehead atoms. The molecule has 1 aromatic carbocycles. The molecule has 0 nitrogen and oxygen atoms in total. The van der Waals surface area contributed by atoms with E-state index in [-0.39, 0.29) is 0 Å². The van der Waals surface area contributed by atoms with Crippen LogP contribution in [-0.2, 0) is 6.42 Å². The molecule has 0 atom stereocenters. The van der Waals surface area contributed by atoms with Gasteiger partial charge in [-0.05, 0) is 36.5 Å². The van der Waals surface area contributed by atoms with Crippen molar-refractivity contribution in [3.8, 4) is 0 Å². The van der Waals surface area contributed by atoms with Crippen LogP contribution in [0.4, 0.5) is 0 Å². The molecular formula is C11H13Br. The van der Waals surface area contributed by atoms with Gasteiger partial charge >= 0.3 is 0 Å². The van der Waals surface area contributed by atoms with E-state index in [2.05, 4.69) is 40.2 Å². The smallest absolute Gasteiger partial charge is 0.0177 e. The Morgan fingerprint density at radius 2 is 2.17 bits per heavy atom. The molecule has 1 aliphatic rings. The van der Waals surface area contributed by atoms with Gasteiger partial charge < -0.3 is 0 Å². The van der Waals surface area contributed by atoms with Crippen LogP contribution in [0, 0.1) is 5.92 Å². The maximum atomic E-state index is 3.48. The van der Waals surface area contributed by atoms with Crippen LogP contribution in [0.3, 0.4) is 0 Å². The van der Waals surface area contributed by atoms with Crippen LogP contribution in [0.1, 0.15) is 24.8 Å². The van der Waals surface area contributed by atoms with Crippen molar-refractivity contribution in [2.45, 2.75) is 25.7 Å². The summed E-state index contributed by atoms with van der Waals surface area (Å²) >= 11 is 3.48. The zero-order valence-corrected chi connectivity index (χ0v) is 8.68. The summed E-state index contributed by atoms with van der Waals surface area (Å²) < 4.78 is 1.20. The summed E-state index contributed by atoms with van der Waals surface area (Å²) in [6, 6.07) is 8.64. The van der Waals surface area contributed by atoms with Crippen LogP contribution < -0.4 is 0 Å². The lowest BCUT2D eigenvalue weighted by atomic mass is 10.1. The quantitative estimate of drug-likeness (QED) is 0.734. The van der Waals surface area contributed by atoms with Crippen molar-refractivity contribution in [1.29, 1.82) is 0 Å². The number of hydrogen-bond donors (Lipinski definition) is 0. The van der Waals surface area contributed by atoms with Crippen molar-refractivity contribution in [2.75, 3.05) is 0 Å². The van der Waals surface area contributed by atoms with Crippen molar-refractivity contribution >= 4 is 15.9 Å². The third-order valence-electron chi connectivity index (χ3n) is 2.43. The molecule has 2 rings (SSSR count). The third kappa shape index (κ3) is 2.34. The molecule has 0 heterocycles. The molecule has 1 aliphatic carbocycles. The van der Waals surface area contributed by atoms with E-state index in [1.165, 1.54) is 35.7 Å². The first kappa shape index (κ1) is 8.31. The number of hydrogen-bond acceptors (Lipinski definition) is 0. The first-order chi connectivity index (χ1) is 5.84. The van der Waals surface area contributed by atoms with Crippen molar-refractivity contribution in [3.63, 3.8) is 0 Å². The lowest BCUT2D eigenvalue weighted by molar-refractivity contribution is 0.726. The highest BCUT2D eigenvalue weighted by Gasteiger charge is 2.20. The summed E-state index contributed by atoms with van der Waals surface area (Å²) in [5.74, 6) is 1.05. The summed E-state index contributed by atoms with van der Waals surface area (Å²) in [7, 11) is 0. The molecule has 12 heavy (non-hydrogen) atoms. The first-order valence-corrected chi connectivity index (χ1v) is 5.38. The van der Waals surface area contributed by atoms with Crippen LogP contribution >= 0.6 is 15.9 Å². The zero-order valence-electron chi connectivity index (χ0n) is 7.09. The lowest BCUT2D eigenvalue weighted by Crippen LogP contribution is -1.85. The SMILES string of the molecule is Brc1cccc(CCC2CC2)c1.